The molecule has 2 aromatic carbocycles. The van der Waals surface area contributed by atoms with E-state index in [0.29, 0.717) is 37.6 Å². The van der Waals surface area contributed by atoms with Gasteiger partial charge in [0.05, 0.1) is 18.5 Å². The summed E-state index contributed by atoms with van der Waals surface area (Å²) >= 11 is 0. The van der Waals surface area contributed by atoms with Crippen molar-refractivity contribution in [2.24, 2.45) is 11.8 Å². The number of nitrogen functional groups attached to an aromatic ring is 1. The molecule has 4 rings (SSSR count). The minimum absolute atomic E-state index is 0.216. The monoisotopic (exact) mass is 398 g/mol. The first-order chi connectivity index (χ1) is 13.9. The van der Waals surface area contributed by atoms with E-state index in [-0.39, 0.29) is 29.8 Å². The lowest BCUT2D eigenvalue weighted by atomic mass is 10.0. The van der Waals surface area contributed by atoms with Crippen molar-refractivity contribution in [2.45, 2.75) is 0 Å². The average Bonchev–Trinajstić information content (AvgIpc) is 3.29. The third-order valence-electron chi connectivity index (χ3n) is 5.68. The van der Waals surface area contributed by atoms with Gasteiger partial charge >= 0.3 is 12.1 Å². The Morgan fingerprint density at radius 2 is 1.59 bits per heavy atom. The third-order valence-corrected chi connectivity index (χ3v) is 5.68. The van der Waals surface area contributed by atoms with E-state index in [1.54, 1.807) is 34.1 Å². The largest absolute Gasteiger partial charge is 0.453 e. The molecule has 2 heterocycles. The number of carbonyl (C=O) groups is 2. The molecule has 2 aliphatic rings. The molecule has 0 saturated carbocycles. The Morgan fingerprint density at radius 1 is 1.00 bits per heavy atom. The van der Waals surface area contributed by atoms with E-state index in [2.05, 4.69) is 5.32 Å². The predicted octanol–water partition coefficient (Wildman–Crippen LogP) is 3.24. The zero-order chi connectivity index (χ0) is 20.5. The number of hydrogen-bond donors (Lipinski definition) is 2. The van der Waals surface area contributed by atoms with E-state index in [0.717, 1.165) is 11.1 Å². The van der Waals surface area contributed by atoms with Crippen LogP contribution in [0.4, 0.5) is 25.4 Å². The number of likely N-dealkylation sites (tertiary alicyclic amines) is 2. The summed E-state index contributed by atoms with van der Waals surface area (Å²) in [7, 11) is 1.38. The van der Waals surface area contributed by atoms with Gasteiger partial charge in [-0.3, -0.25) is 0 Å². The van der Waals surface area contributed by atoms with Gasteiger partial charge in [-0.2, -0.15) is 0 Å². The van der Waals surface area contributed by atoms with Crippen LogP contribution in [0.15, 0.2) is 42.5 Å². The van der Waals surface area contributed by atoms with Crippen molar-refractivity contribution < 1.29 is 18.7 Å². The lowest BCUT2D eigenvalue weighted by Gasteiger charge is -2.22. The first kappa shape index (κ1) is 19.0. The van der Waals surface area contributed by atoms with Gasteiger partial charge in [0, 0.05) is 38.0 Å². The number of nitrogens with zero attached hydrogens (tertiary/aromatic N) is 2. The van der Waals surface area contributed by atoms with Gasteiger partial charge in [0.2, 0.25) is 0 Å². The molecule has 2 saturated heterocycles. The highest BCUT2D eigenvalue weighted by Crippen LogP contribution is 2.33. The first-order valence-corrected chi connectivity index (χ1v) is 9.49. The van der Waals surface area contributed by atoms with E-state index in [9.17, 15) is 14.0 Å². The Balaban J connectivity index is 1.42. The molecule has 0 aliphatic carbocycles. The van der Waals surface area contributed by atoms with Gasteiger partial charge in [-0.15, -0.1) is 0 Å². The summed E-state index contributed by atoms with van der Waals surface area (Å²) in [5.41, 5.74) is 8.69. The van der Waals surface area contributed by atoms with Crippen LogP contribution in [0.1, 0.15) is 0 Å². The Morgan fingerprint density at radius 3 is 2.21 bits per heavy atom. The molecule has 3 N–H and O–H groups in total. The lowest BCUT2D eigenvalue weighted by molar-refractivity contribution is 0.128. The molecular formula is C21H23FN4O3. The van der Waals surface area contributed by atoms with Gasteiger partial charge in [0.15, 0.2) is 0 Å². The minimum atomic E-state index is -0.319. The number of benzene rings is 2. The molecule has 0 bridgehead atoms. The fourth-order valence-corrected chi connectivity index (χ4v) is 4.12. The maximum Gasteiger partial charge on any atom is 0.409 e. The van der Waals surface area contributed by atoms with Gasteiger partial charge in [0.25, 0.3) is 0 Å². The van der Waals surface area contributed by atoms with E-state index in [1.165, 1.54) is 19.2 Å². The summed E-state index contributed by atoms with van der Waals surface area (Å²) in [6, 6.07) is 11.3. The fraction of sp³-hybridized carbons (Fsp3) is 0.333. The molecule has 0 radical (unpaired) electrons. The lowest BCUT2D eigenvalue weighted by Crippen LogP contribution is -2.37. The molecule has 0 spiro atoms. The number of halogens is 1. The van der Waals surface area contributed by atoms with Crippen LogP contribution in [0, 0.1) is 17.7 Å². The quantitative estimate of drug-likeness (QED) is 0.761. The molecule has 0 aromatic heterocycles. The van der Waals surface area contributed by atoms with E-state index in [1.807, 2.05) is 6.07 Å². The van der Waals surface area contributed by atoms with Gasteiger partial charge in [-0.05, 0) is 35.4 Å². The van der Waals surface area contributed by atoms with Crippen molar-refractivity contribution in [3.05, 3.63) is 48.3 Å². The summed E-state index contributed by atoms with van der Waals surface area (Å²) in [5, 5.41) is 2.89. The maximum absolute atomic E-state index is 13.2. The molecule has 152 valence electrons. The van der Waals surface area contributed by atoms with Crippen molar-refractivity contribution in [1.29, 1.82) is 0 Å². The Hall–Kier alpha value is -3.29. The van der Waals surface area contributed by atoms with Crippen molar-refractivity contribution in [3.63, 3.8) is 0 Å². The smallest absolute Gasteiger partial charge is 0.409 e. The summed E-state index contributed by atoms with van der Waals surface area (Å²) in [6.45, 7) is 2.37. The van der Waals surface area contributed by atoms with Gasteiger partial charge < -0.3 is 25.6 Å². The van der Waals surface area contributed by atoms with Crippen LogP contribution in [-0.2, 0) is 4.74 Å². The number of ether oxygens (including phenoxy) is 1. The number of fused-ring (bicyclic) bond motifs is 1. The Labute approximate surface area is 168 Å². The van der Waals surface area contributed by atoms with Crippen molar-refractivity contribution >= 4 is 23.5 Å². The highest BCUT2D eigenvalue weighted by molar-refractivity contribution is 5.94. The van der Waals surface area contributed by atoms with E-state index in [4.69, 9.17) is 10.5 Å². The Bertz CT molecular complexity index is 920. The summed E-state index contributed by atoms with van der Waals surface area (Å²) in [5.74, 6) is 0.202. The second-order valence-corrected chi connectivity index (χ2v) is 7.54. The number of carbonyl (C=O) groups excluding carboxylic acids is 2. The molecule has 29 heavy (non-hydrogen) atoms. The third kappa shape index (κ3) is 3.83. The van der Waals surface area contributed by atoms with E-state index < -0.39 is 0 Å². The minimum Gasteiger partial charge on any atom is -0.453 e. The van der Waals surface area contributed by atoms with Gasteiger partial charge in [-0.25, -0.2) is 14.0 Å². The molecule has 2 aromatic rings. The van der Waals surface area contributed by atoms with Gasteiger partial charge in [-0.1, -0.05) is 18.2 Å². The Kier molecular flexibility index (Phi) is 5.00. The highest BCUT2D eigenvalue weighted by Gasteiger charge is 2.43. The molecule has 2 fully saturated rings. The number of amides is 3. The number of nitrogens with one attached hydrogen (secondary N) is 1. The SMILES string of the molecule is COC(=O)N1CC2CN(C(=O)Nc3cc(-c4ccc(F)cc4)ccc3N)CC2C1. The topological polar surface area (TPSA) is 87.9 Å². The van der Waals surface area contributed by atoms with Crippen LogP contribution in [0.5, 0.6) is 0 Å². The van der Waals surface area contributed by atoms with Crippen molar-refractivity contribution in [3.8, 4) is 11.1 Å². The van der Waals surface area contributed by atoms with Crippen LogP contribution >= 0.6 is 0 Å². The van der Waals surface area contributed by atoms with Crippen molar-refractivity contribution in [2.75, 3.05) is 44.3 Å². The molecule has 3 amide bonds. The highest BCUT2D eigenvalue weighted by atomic mass is 19.1. The van der Waals surface area contributed by atoms with Crippen LogP contribution in [0.3, 0.4) is 0 Å². The molecule has 8 heteroatoms. The summed E-state index contributed by atoms with van der Waals surface area (Å²) < 4.78 is 17.9. The fourth-order valence-electron chi connectivity index (χ4n) is 4.12. The zero-order valence-electron chi connectivity index (χ0n) is 16.1. The van der Waals surface area contributed by atoms with Crippen molar-refractivity contribution in [1.82, 2.24) is 9.80 Å². The summed E-state index contributed by atoms with van der Waals surface area (Å²) in [4.78, 5) is 27.9. The zero-order valence-corrected chi connectivity index (χ0v) is 16.1. The average molecular weight is 398 g/mol. The number of nitrogens with two attached hydrogens (primary N) is 1. The number of urea groups is 1. The standard InChI is InChI=1S/C21H23FN4O3/c1-29-21(28)26-11-15-9-25(10-16(15)12-26)20(27)24-19-8-14(4-7-18(19)23)13-2-5-17(22)6-3-13/h2-8,15-16H,9-12,23H2,1H3,(H,24,27). The second kappa shape index (κ2) is 7.62. The summed E-state index contributed by atoms with van der Waals surface area (Å²) in [6.07, 6.45) is -0.319. The number of anilines is 2. The molecule has 7 nitrogen and oxygen atoms in total. The second-order valence-electron chi connectivity index (χ2n) is 7.54. The van der Waals surface area contributed by atoms with Gasteiger partial charge in [0.1, 0.15) is 5.82 Å². The van der Waals surface area contributed by atoms with E-state index >= 15 is 0 Å². The van der Waals surface area contributed by atoms with Crippen LogP contribution in [0.2, 0.25) is 0 Å². The van der Waals surface area contributed by atoms with Crippen LogP contribution in [-0.4, -0.2) is 55.2 Å². The molecule has 2 unspecified atom stereocenters. The predicted molar refractivity (Wildman–Crippen MR) is 108 cm³/mol. The maximum atomic E-state index is 13.2. The number of hydrogen-bond acceptors (Lipinski definition) is 4. The number of rotatable bonds is 2. The molecule has 2 atom stereocenters. The number of methoxy groups -OCH3 is 1. The first-order valence-electron chi connectivity index (χ1n) is 9.49. The molecule has 2 aliphatic heterocycles. The van der Waals surface area contributed by atoms with Crippen LogP contribution < -0.4 is 11.1 Å². The molecular weight excluding hydrogens is 375 g/mol. The normalized spacial score (nSPS) is 20.5. The van der Waals surface area contributed by atoms with Crippen LogP contribution in [0.25, 0.3) is 11.1 Å².